The van der Waals surface area contributed by atoms with Crippen LogP contribution in [0.3, 0.4) is 0 Å². The third-order valence-electron chi connectivity index (χ3n) is 4.30. The lowest BCUT2D eigenvalue weighted by molar-refractivity contribution is -0.111. The molecule has 27 heavy (non-hydrogen) atoms. The van der Waals surface area contributed by atoms with Crippen molar-refractivity contribution in [2.24, 2.45) is 0 Å². The van der Waals surface area contributed by atoms with Crippen LogP contribution in [0, 0.1) is 0 Å². The van der Waals surface area contributed by atoms with Crippen molar-refractivity contribution in [1.82, 2.24) is 15.1 Å². The molecule has 1 aliphatic heterocycles. The number of hydrogen-bond donors (Lipinski definition) is 1. The summed E-state index contributed by atoms with van der Waals surface area (Å²) in [5.41, 5.74) is 0.879. The van der Waals surface area contributed by atoms with E-state index >= 15 is 0 Å². The molecule has 0 aliphatic carbocycles. The minimum Gasteiger partial charge on any atom is -0.493 e. The summed E-state index contributed by atoms with van der Waals surface area (Å²) in [7, 11) is 0. The second-order valence-electron chi connectivity index (χ2n) is 6.55. The first-order valence-corrected chi connectivity index (χ1v) is 10.3. The van der Waals surface area contributed by atoms with Gasteiger partial charge in [-0.1, -0.05) is 42.9 Å². The Balaban J connectivity index is 1.54. The van der Waals surface area contributed by atoms with E-state index in [1.165, 1.54) is 36.7 Å². The van der Waals surface area contributed by atoms with Gasteiger partial charge >= 0.3 is 0 Å². The van der Waals surface area contributed by atoms with Crippen LogP contribution in [-0.2, 0) is 11.3 Å². The van der Waals surface area contributed by atoms with Gasteiger partial charge < -0.3 is 4.74 Å². The van der Waals surface area contributed by atoms with Gasteiger partial charge in [-0.15, -0.1) is 10.2 Å². The number of hydrogen-bond acceptors (Lipinski definition) is 6. The van der Waals surface area contributed by atoms with E-state index in [0.717, 1.165) is 42.4 Å². The maximum atomic E-state index is 12.2. The highest BCUT2D eigenvalue weighted by atomic mass is 32.1. The van der Waals surface area contributed by atoms with E-state index in [-0.39, 0.29) is 5.91 Å². The van der Waals surface area contributed by atoms with Crippen molar-refractivity contribution in [3.8, 4) is 5.75 Å². The summed E-state index contributed by atoms with van der Waals surface area (Å²) in [6.45, 7) is 5.76. The number of anilines is 1. The van der Waals surface area contributed by atoms with Crippen LogP contribution in [0.5, 0.6) is 5.75 Å². The fourth-order valence-corrected chi connectivity index (χ4v) is 3.74. The zero-order chi connectivity index (χ0) is 18.9. The monoisotopic (exact) mass is 386 g/mol. The summed E-state index contributed by atoms with van der Waals surface area (Å²) in [4.78, 5) is 14.6. The highest BCUT2D eigenvalue weighted by Gasteiger charge is 2.14. The van der Waals surface area contributed by atoms with Crippen molar-refractivity contribution < 1.29 is 9.53 Å². The molecule has 1 aromatic heterocycles. The Kier molecular flexibility index (Phi) is 7.36. The standard InChI is InChI=1S/C20H26N4O2S/c1-2-14-26-17-9-5-4-8-16(17)10-11-18(25)21-20-23-22-19(27-20)15-24-12-6-3-7-13-24/h4-5,8-11H,2-3,6-7,12-15H2,1H3,(H,21,23,25)/b11-10+. The molecule has 0 unspecified atom stereocenters. The van der Waals surface area contributed by atoms with E-state index in [1.807, 2.05) is 24.3 Å². The highest BCUT2D eigenvalue weighted by Crippen LogP contribution is 2.21. The Morgan fingerprint density at radius 1 is 1.26 bits per heavy atom. The molecule has 2 heterocycles. The fourth-order valence-electron chi connectivity index (χ4n) is 2.95. The van der Waals surface area contributed by atoms with E-state index in [0.29, 0.717) is 11.7 Å². The van der Waals surface area contributed by atoms with Crippen molar-refractivity contribution in [3.05, 3.63) is 40.9 Å². The van der Waals surface area contributed by atoms with Crippen LogP contribution >= 0.6 is 11.3 Å². The van der Waals surface area contributed by atoms with Crippen LogP contribution in [0.15, 0.2) is 30.3 Å². The van der Waals surface area contributed by atoms with Gasteiger partial charge in [-0.2, -0.15) is 0 Å². The van der Waals surface area contributed by atoms with Gasteiger partial charge in [0.2, 0.25) is 11.0 Å². The lowest BCUT2D eigenvalue weighted by Crippen LogP contribution is -2.28. The van der Waals surface area contributed by atoms with Crippen LogP contribution in [0.2, 0.25) is 0 Å². The molecule has 144 valence electrons. The number of nitrogens with one attached hydrogen (secondary N) is 1. The van der Waals surface area contributed by atoms with E-state index in [9.17, 15) is 4.79 Å². The lowest BCUT2D eigenvalue weighted by atomic mass is 10.1. The molecule has 1 N–H and O–H groups in total. The number of likely N-dealkylation sites (tertiary alicyclic amines) is 1. The molecule has 0 atom stereocenters. The Labute approximate surface area is 164 Å². The van der Waals surface area contributed by atoms with Crippen molar-refractivity contribution in [3.63, 3.8) is 0 Å². The summed E-state index contributed by atoms with van der Waals surface area (Å²) in [5, 5.41) is 12.5. The maximum absolute atomic E-state index is 12.2. The number of aromatic nitrogens is 2. The van der Waals surface area contributed by atoms with Gasteiger partial charge in [0, 0.05) is 11.6 Å². The van der Waals surface area contributed by atoms with Crippen LogP contribution in [0.4, 0.5) is 5.13 Å². The first kappa shape index (κ1) is 19.5. The molecule has 0 saturated carbocycles. The smallest absolute Gasteiger partial charge is 0.250 e. The average Bonchev–Trinajstić information content (AvgIpc) is 3.12. The molecule has 1 amide bonds. The van der Waals surface area contributed by atoms with Crippen molar-refractivity contribution >= 4 is 28.5 Å². The molecule has 6 nitrogen and oxygen atoms in total. The normalized spacial score (nSPS) is 15.1. The van der Waals surface area contributed by atoms with Gasteiger partial charge in [0.25, 0.3) is 0 Å². The van der Waals surface area contributed by atoms with Gasteiger partial charge in [-0.05, 0) is 44.5 Å². The maximum Gasteiger partial charge on any atom is 0.250 e. The number of piperidine rings is 1. The number of benzene rings is 1. The number of ether oxygens (including phenoxy) is 1. The van der Waals surface area contributed by atoms with Gasteiger partial charge in [-0.3, -0.25) is 15.0 Å². The second-order valence-corrected chi connectivity index (χ2v) is 7.61. The Morgan fingerprint density at radius 2 is 2.07 bits per heavy atom. The molecule has 0 spiro atoms. The zero-order valence-corrected chi connectivity index (χ0v) is 16.5. The molecule has 7 heteroatoms. The number of rotatable bonds is 8. The molecule has 1 aromatic carbocycles. The quantitative estimate of drug-likeness (QED) is 0.696. The minimum atomic E-state index is -0.221. The van der Waals surface area contributed by atoms with Gasteiger partial charge in [0.05, 0.1) is 13.2 Å². The fraction of sp³-hybridized carbons (Fsp3) is 0.450. The molecule has 1 fully saturated rings. The molecular formula is C20H26N4O2S. The second kappa shape index (κ2) is 10.2. The van der Waals surface area contributed by atoms with Gasteiger partial charge in [0.15, 0.2) is 0 Å². The average molecular weight is 387 g/mol. The Morgan fingerprint density at radius 3 is 2.89 bits per heavy atom. The van der Waals surface area contributed by atoms with Crippen molar-refractivity contribution in [2.75, 3.05) is 25.0 Å². The predicted octanol–water partition coefficient (Wildman–Crippen LogP) is 3.96. The summed E-state index contributed by atoms with van der Waals surface area (Å²) in [5.74, 6) is 0.559. The molecule has 0 radical (unpaired) electrons. The molecule has 1 saturated heterocycles. The highest BCUT2D eigenvalue weighted by molar-refractivity contribution is 7.15. The van der Waals surface area contributed by atoms with E-state index in [2.05, 4.69) is 27.3 Å². The number of para-hydroxylation sites is 1. The summed E-state index contributed by atoms with van der Waals surface area (Å²) in [6, 6.07) is 7.68. The van der Waals surface area contributed by atoms with Crippen molar-refractivity contribution in [1.29, 1.82) is 0 Å². The SMILES string of the molecule is CCCOc1ccccc1/C=C/C(=O)Nc1nnc(CN2CCCCC2)s1. The zero-order valence-electron chi connectivity index (χ0n) is 15.7. The number of nitrogens with zero attached hydrogens (tertiary/aromatic N) is 3. The molecule has 3 rings (SSSR count). The third-order valence-corrected chi connectivity index (χ3v) is 5.12. The molecular weight excluding hydrogens is 360 g/mol. The number of carbonyl (C=O) groups is 1. The van der Waals surface area contributed by atoms with E-state index in [4.69, 9.17) is 4.74 Å². The van der Waals surface area contributed by atoms with Crippen molar-refractivity contribution in [2.45, 2.75) is 39.2 Å². The third kappa shape index (κ3) is 6.15. The lowest BCUT2D eigenvalue weighted by Gasteiger charge is -2.24. The minimum absolute atomic E-state index is 0.221. The molecule has 1 aliphatic rings. The topological polar surface area (TPSA) is 67.3 Å². The van der Waals surface area contributed by atoms with Crippen LogP contribution < -0.4 is 10.1 Å². The Hall–Kier alpha value is -2.25. The summed E-state index contributed by atoms with van der Waals surface area (Å²) >= 11 is 1.44. The van der Waals surface area contributed by atoms with E-state index in [1.54, 1.807) is 6.08 Å². The van der Waals surface area contributed by atoms with Gasteiger partial charge in [0.1, 0.15) is 10.8 Å². The molecule has 2 aromatic rings. The van der Waals surface area contributed by atoms with Crippen LogP contribution in [0.1, 0.15) is 43.2 Å². The number of carbonyl (C=O) groups excluding carboxylic acids is 1. The first-order valence-electron chi connectivity index (χ1n) is 9.50. The predicted molar refractivity (Wildman–Crippen MR) is 109 cm³/mol. The van der Waals surface area contributed by atoms with Crippen LogP contribution in [-0.4, -0.2) is 40.7 Å². The van der Waals surface area contributed by atoms with Crippen LogP contribution in [0.25, 0.3) is 6.08 Å². The summed E-state index contributed by atoms with van der Waals surface area (Å²) in [6.07, 6.45) is 8.01. The largest absolute Gasteiger partial charge is 0.493 e. The Bertz CT molecular complexity index is 769. The molecule has 0 bridgehead atoms. The van der Waals surface area contributed by atoms with E-state index < -0.39 is 0 Å². The van der Waals surface area contributed by atoms with Gasteiger partial charge in [-0.25, -0.2) is 0 Å². The summed E-state index contributed by atoms with van der Waals surface area (Å²) < 4.78 is 5.70. The number of amides is 1. The first-order chi connectivity index (χ1) is 13.2.